The van der Waals surface area contributed by atoms with E-state index in [2.05, 4.69) is 27.5 Å². The summed E-state index contributed by atoms with van der Waals surface area (Å²) in [6.07, 6.45) is 6.73. The van der Waals surface area contributed by atoms with Gasteiger partial charge in [-0.1, -0.05) is 12.1 Å². The number of hydrogen-bond donors (Lipinski definition) is 1. The zero-order valence-corrected chi connectivity index (χ0v) is 14.4. The van der Waals surface area contributed by atoms with Gasteiger partial charge < -0.3 is 4.74 Å². The number of aromatic nitrogens is 3. The molecule has 1 aliphatic rings. The van der Waals surface area contributed by atoms with Crippen molar-refractivity contribution in [1.82, 2.24) is 14.8 Å². The monoisotopic (exact) mass is 352 g/mol. The van der Waals surface area contributed by atoms with Crippen LogP contribution in [0.4, 0.5) is 5.13 Å². The van der Waals surface area contributed by atoms with Gasteiger partial charge in [-0.15, -0.1) is 11.3 Å². The van der Waals surface area contributed by atoms with Crippen molar-refractivity contribution >= 4 is 28.5 Å². The van der Waals surface area contributed by atoms with Gasteiger partial charge in [-0.25, -0.2) is 4.98 Å². The van der Waals surface area contributed by atoms with Crippen LogP contribution in [-0.4, -0.2) is 20.7 Å². The van der Waals surface area contributed by atoms with Crippen molar-refractivity contribution < 1.29 is 9.53 Å². The van der Waals surface area contributed by atoms with E-state index >= 15 is 0 Å². The minimum Gasteiger partial charge on any atom is -0.372 e. The van der Waals surface area contributed by atoms with E-state index in [4.69, 9.17) is 4.74 Å². The van der Waals surface area contributed by atoms with Gasteiger partial charge in [-0.2, -0.15) is 5.10 Å². The van der Waals surface area contributed by atoms with Crippen molar-refractivity contribution in [3.05, 3.63) is 58.7 Å². The summed E-state index contributed by atoms with van der Waals surface area (Å²) in [6, 6.07) is 6.22. The van der Waals surface area contributed by atoms with Crippen LogP contribution in [0.5, 0.6) is 0 Å². The van der Waals surface area contributed by atoms with Crippen LogP contribution in [0.25, 0.3) is 17.3 Å². The van der Waals surface area contributed by atoms with Crippen LogP contribution < -0.4 is 5.32 Å². The minimum atomic E-state index is -0.216. The first-order valence-electron chi connectivity index (χ1n) is 7.80. The number of benzene rings is 1. The van der Waals surface area contributed by atoms with Crippen molar-refractivity contribution in [2.24, 2.45) is 7.05 Å². The van der Waals surface area contributed by atoms with Gasteiger partial charge in [0, 0.05) is 35.8 Å². The van der Waals surface area contributed by atoms with Gasteiger partial charge in [0.15, 0.2) is 5.13 Å². The van der Waals surface area contributed by atoms with E-state index < -0.39 is 0 Å². The lowest BCUT2D eigenvalue weighted by atomic mass is 10.1. The number of aryl methyl sites for hydroxylation is 1. The molecule has 0 atom stereocenters. The molecule has 1 amide bonds. The predicted octanol–water partition coefficient (Wildman–Crippen LogP) is 3.23. The van der Waals surface area contributed by atoms with E-state index in [-0.39, 0.29) is 5.91 Å². The summed E-state index contributed by atoms with van der Waals surface area (Å²) in [4.78, 5) is 16.5. The Morgan fingerprint density at radius 2 is 2.24 bits per heavy atom. The number of carbonyl (C=O) groups excluding carboxylic acids is 1. The van der Waals surface area contributed by atoms with Crippen LogP contribution in [0, 0.1) is 0 Å². The van der Waals surface area contributed by atoms with Crippen molar-refractivity contribution in [1.29, 1.82) is 0 Å². The molecule has 0 saturated carbocycles. The topological polar surface area (TPSA) is 69.0 Å². The standard InChI is InChI=1S/C18H16N4O2S/c1-22-8-12(7-19-22)2-5-17(23)21-18-20-16(11-25-18)13-3-4-14-9-24-10-15(14)6-13/h2-8,11H,9-10H2,1H3,(H,20,21,23)/b5-2+. The maximum absolute atomic E-state index is 12.0. The first-order chi connectivity index (χ1) is 12.2. The largest absolute Gasteiger partial charge is 0.372 e. The molecule has 0 fully saturated rings. The molecule has 0 saturated heterocycles. The molecule has 0 spiro atoms. The number of fused-ring (bicyclic) bond motifs is 1. The highest BCUT2D eigenvalue weighted by atomic mass is 32.1. The van der Waals surface area contributed by atoms with Gasteiger partial charge >= 0.3 is 0 Å². The molecule has 0 unspecified atom stereocenters. The quantitative estimate of drug-likeness (QED) is 0.732. The summed E-state index contributed by atoms with van der Waals surface area (Å²) in [5.41, 5.74) is 5.19. The molecular weight excluding hydrogens is 336 g/mol. The third-order valence-corrected chi connectivity index (χ3v) is 4.66. The van der Waals surface area contributed by atoms with E-state index in [1.165, 1.54) is 28.5 Å². The lowest BCUT2D eigenvalue weighted by molar-refractivity contribution is -0.111. The Hall–Kier alpha value is -2.77. The Morgan fingerprint density at radius 3 is 3.08 bits per heavy atom. The lowest BCUT2D eigenvalue weighted by Gasteiger charge is -2.00. The summed E-state index contributed by atoms with van der Waals surface area (Å²) < 4.78 is 7.13. The first-order valence-corrected chi connectivity index (χ1v) is 8.68. The third-order valence-electron chi connectivity index (χ3n) is 3.90. The average molecular weight is 352 g/mol. The van der Waals surface area contributed by atoms with Gasteiger partial charge in [0.05, 0.1) is 25.1 Å². The van der Waals surface area contributed by atoms with Crippen molar-refractivity contribution in [2.75, 3.05) is 5.32 Å². The molecule has 3 heterocycles. The molecule has 6 nitrogen and oxygen atoms in total. The molecule has 4 rings (SSSR count). The summed E-state index contributed by atoms with van der Waals surface area (Å²) in [7, 11) is 1.83. The number of hydrogen-bond acceptors (Lipinski definition) is 5. The van der Waals surface area contributed by atoms with Gasteiger partial charge in [0.2, 0.25) is 5.91 Å². The summed E-state index contributed by atoms with van der Waals surface area (Å²) in [5, 5.41) is 9.36. The molecule has 0 bridgehead atoms. The molecular formula is C18H16N4O2S. The fourth-order valence-electron chi connectivity index (χ4n) is 2.64. The molecule has 3 aromatic rings. The number of nitrogens with one attached hydrogen (secondary N) is 1. The zero-order valence-electron chi connectivity index (χ0n) is 13.6. The normalized spacial score (nSPS) is 13.3. The molecule has 0 aliphatic carbocycles. The lowest BCUT2D eigenvalue weighted by Crippen LogP contribution is -2.07. The number of nitrogens with zero attached hydrogens (tertiary/aromatic N) is 3. The molecule has 0 radical (unpaired) electrons. The minimum absolute atomic E-state index is 0.216. The molecule has 1 aliphatic heterocycles. The van der Waals surface area contributed by atoms with Crippen LogP contribution in [-0.2, 0) is 29.8 Å². The van der Waals surface area contributed by atoms with Crippen molar-refractivity contribution in [3.63, 3.8) is 0 Å². The summed E-state index contributed by atoms with van der Waals surface area (Å²) in [6.45, 7) is 1.33. The first kappa shape index (κ1) is 15.7. The number of rotatable bonds is 4. The van der Waals surface area contributed by atoms with E-state index in [0.29, 0.717) is 18.3 Å². The second-order valence-electron chi connectivity index (χ2n) is 5.78. The number of amides is 1. The molecule has 25 heavy (non-hydrogen) atoms. The number of carbonyl (C=O) groups is 1. The highest BCUT2D eigenvalue weighted by Gasteiger charge is 2.13. The number of anilines is 1. The fraction of sp³-hybridized carbons (Fsp3) is 0.167. The highest BCUT2D eigenvalue weighted by Crippen LogP contribution is 2.29. The molecule has 1 aromatic carbocycles. The maximum atomic E-state index is 12.0. The Bertz CT molecular complexity index is 958. The predicted molar refractivity (Wildman–Crippen MR) is 96.9 cm³/mol. The number of ether oxygens (including phenoxy) is 1. The highest BCUT2D eigenvalue weighted by molar-refractivity contribution is 7.14. The van der Waals surface area contributed by atoms with Crippen LogP contribution in [0.1, 0.15) is 16.7 Å². The van der Waals surface area contributed by atoms with E-state index in [9.17, 15) is 4.79 Å². The van der Waals surface area contributed by atoms with E-state index in [0.717, 1.165) is 16.8 Å². The zero-order chi connectivity index (χ0) is 17.2. The Kier molecular flexibility index (Phi) is 4.17. The Labute approximate surface area is 148 Å². The van der Waals surface area contributed by atoms with Gasteiger partial charge in [0.25, 0.3) is 0 Å². The fourth-order valence-corrected chi connectivity index (χ4v) is 3.36. The SMILES string of the molecule is Cn1cc(/C=C/C(=O)Nc2nc(-c3ccc4c(c3)COC4)cs2)cn1. The van der Waals surface area contributed by atoms with Crippen molar-refractivity contribution in [3.8, 4) is 11.3 Å². The third kappa shape index (κ3) is 3.52. The Morgan fingerprint density at radius 1 is 1.36 bits per heavy atom. The molecule has 1 N–H and O–H groups in total. The Balaban J connectivity index is 1.44. The molecule has 7 heteroatoms. The molecule has 2 aromatic heterocycles. The van der Waals surface area contributed by atoms with Crippen molar-refractivity contribution in [2.45, 2.75) is 13.2 Å². The maximum Gasteiger partial charge on any atom is 0.250 e. The second kappa shape index (κ2) is 6.62. The molecule has 126 valence electrons. The average Bonchev–Trinajstić information content (AvgIpc) is 3.32. The summed E-state index contributed by atoms with van der Waals surface area (Å²) >= 11 is 1.41. The van der Waals surface area contributed by atoms with E-state index in [1.54, 1.807) is 17.0 Å². The van der Waals surface area contributed by atoms with Crippen LogP contribution >= 0.6 is 11.3 Å². The van der Waals surface area contributed by atoms with Crippen LogP contribution in [0.15, 0.2) is 42.0 Å². The smallest absolute Gasteiger partial charge is 0.250 e. The van der Waals surface area contributed by atoms with Crippen LogP contribution in [0.3, 0.4) is 0 Å². The summed E-state index contributed by atoms with van der Waals surface area (Å²) in [5.74, 6) is -0.216. The van der Waals surface area contributed by atoms with Crippen LogP contribution in [0.2, 0.25) is 0 Å². The number of thiazole rings is 1. The van der Waals surface area contributed by atoms with Gasteiger partial charge in [0.1, 0.15) is 0 Å². The van der Waals surface area contributed by atoms with Gasteiger partial charge in [-0.05, 0) is 23.3 Å². The van der Waals surface area contributed by atoms with E-state index in [1.807, 2.05) is 24.7 Å². The van der Waals surface area contributed by atoms with Gasteiger partial charge in [-0.3, -0.25) is 14.8 Å². The second-order valence-corrected chi connectivity index (χ2v) is 6.64.